The third-order valence-corrected chi connectivity index (χ3v) is 3.15. The largest absolute Gasteiger partial charge is 0.452 e. The first-order valence-electron chi connectivity index (χ1n) is 7.05. The Morgan fingerprint density at radius 1 is 1.35 bits per heavy atom. The van der Waals surface area contributed by atoms with Crippen LogP contribution in [-0.2, 0) is 9.53 Å². The Labute approximate surface area is 133 Å². The minimum absolute atomic E-state index is 0.261. The highest BCUT2D eigenvalue weighted by Gasteiger charge is 2.21. The number of carbonyl (C=O) groups is 2. The minimum atomic E-state index is -0.623. The molecule has 7 nitrogen and oxygen atoms in total. The summed E-state index contributed by atoms with van der Waals surface area (Å²) in [6.45, 7) is 9.24. The quantitative estimate of drug-likeness (QED) is 0.570. The van der Waals surface area contributed by atoms with Gasteiger partial charge in [-0.3, -0.25) is 4.79 Å². The van der Waals surface area contributed by atoms with E-state index < -0.39 is 5.97 Å². The lowest BCUT2D eigenvalue weighted by molar-refractivity contribution is -0.133. The number of amides is 1. The molecule has 0 fully saturated rings. The lowest BCUT2D eigenvalue weighted by Crippen LogP contribution is -2.35. The van der Waals surface area contributed by atoms with Crippen LogP contribution in [0.3, 0.4) is 0 Å². The van der Waals surface area contributed by atoms with Crippen LogP contribution in [0.1, 0.15) is 16.1 Å². The minimum Gasteiger partial charge on any atom is -0.452 e. The van der Waals surface area contributed by atoms with Crippen LogP contribution in [0.25, 0.3) is 5.65 Å². The van der Waals surface area contributed by atoms with Crippen LogP contribution in [0.15, 0.2) is 43.8 Å². The van der Waals surface area contributed by atoms with E-state index in [1.807, 2.05) is 0 Å². The van der Waals surface area contributed by atoms with Gasteiger partial charge in [0.15, 0.2) is 12.3 Å². The molecule has 0 atom stereocenters. The van der Waals surface area contributed by atoms with Gasteiger partial charge in [0.05, 0.1) is 5.69 Å². The van der Waals surface area contributed by atoms with E-state index in [1.54, 1.807) is 37.5 Å². The van der Waals surface area contributed by atoms with Crippen molar-refractivity contribution < 1.29 is 14.3 Å². The molecule has 7 heteroatoms. The zero-order valence-electron chi connectivity index (χ0n) is 12.9. The van der Waals surface area contributed by atoms with E-state index in [0.29, 0.717) is 24.4 Å². The van der Waals surface area contributed by atoms with Crippen molar-refractivity contribution >= 4 is 17.5 Å². The summed E-state index contributed by atoms with van der Waals surface area (Å²) in [7, 11) is 0. The third-order valence-electron chi connectivity index (χ3n) is 3.15. The lowest BCUT2D eigenvalue weighted by Gasteiger charge is -2.18. The monoisotopic (exact) mass is 314 g/mol. The second-order valence-electron chi connectivity index (χ2n) is 4.80. The molecule has 0 saturated heterocycles. The van der Waals surface area contributed by atoms with Gasteiger partial charge in [-0.2, -0.15) is 5.10 Å². The summed E-state index contributed by atoms with van der Waals surface area (Å²) in [5.74, 6) is -0.943. The maximum Gasteiger partial charge on any atom is 0.344 e. The molecule has 2 aromatic heterocycles. The number of hydrogen-bond donors (Lipinski definition) is 0. The van der Waals surface area contributed by atoms with Gasteiger partial charge in [-0.15, -0.1) is 13.2 Å². The highest BCUT2D eigenvalue weighted by molar-refractivity contribution is 5.98. The molecular weight excluding hydrogens is 296 g/mol. The predicted octanol–water partition coefficient (Wildman–Crippen LogP) is 1.40. The SMILES string of the molecule is C=CCN(CC=C)C(=O)COC(=O)c1c(C)nn2cccnc12. The maximum atomic E-state index is 12.3. The second kappa shape index (κ2) is 7.35. The summed E-state index contributed by atoms with van der Waals surface area (Å²) in [6, 6.07) is 1.71. The van der Waals surface area contributed by atoms with E-state index in [2.05, 4.69) is 23.2 Å². The summed E-state index contributed by atoms with van der Waals surface area (Å²) in [5, 5.41) is 4.19. The van der Waals surface area contributed by atoms with Gasteiger partial charge in [-0.05, 0) is 13.0 Å². The van der Waals surface area contributed by atoms with Crippen LogP contribution in [0.4, 0.5) is 0 Å². The number of nitrogens with zero attached hydrogens (tertiary/aromatic N) is 4. The standard InChI is InChI=1S/C16H18N4O3/c1-4-8-19(9-5-2)13(21)11-23-16(22)14-12(3)18-20-10-6-7-17-15(14)20/h4-7,10H,1-2,8-9,11H2,3H3. The molecule has 1 amide bonds. The molecular formula is C16H18N4O3. The number of aryl methyl sites for hydroxylation is 1. The van der Waals surface area contributed by atoms with E-state index >= 15 is 0 Å². The van der Waals surface area contributed by atoms with Gasteiger partial charge in [0, 0.05) is 25.5 Å². The Morgan fingerprint density at radius 2 is 2.04 bits per heavy atom. The Morgan fingerprint density at radius 3 is 2.70 bits per heavy atom. The van der Waals surface area contributed by atoms with E-state index in [-0.39, 0.29) is 18.1 Å². The molecule has 0 aliphatic rings. The average Bonchev–Trinajstić information content (AvgIpc) is 2.88. The van der Waals surface area contributed by atoms with E-state index in [0.717, 1.165) is 0 Å². The summed E-state index contributed by atoms with van der Waals surface area (Å²) in [4.78, 5) is 29.9. The van der Waals surface area contributed by atoms with Crippen LogP contribution in [0.5, 0.6) is 0 Å². The molecule has 0 radical (unpaired) electrons. The first-order valence-corrected chi connectivity index (χ1v) is 7.05. The van der Waals surface area contributed by atoms with E-state index in [4.69, 9.17) is 4.74 Å². The summed E-state index contributed by atoms with van der Waals surface area (Å²) in [5.41, 5.74) is 1.16. The van der Waals surface area contributed by atoms with Gasteiger partial charge in [-0.1, -0.05) is 12.2 Å². The molecule has 0 unspecified atom stereocenters. The highest BCUT2D eigenvalue weighted by Crippen LogP contribution is 2.14. The number of rotatable bonds is 7. The van der Waals surface area contributed by atoms with Gasteiger partial charge < -0.3 is 9.64 Å². The summed E-state index contributed by atoms with van der Waals surface area (Å²) >= 11 is 0. The van der Waals surface area contributed by atoms with Crippen molar-refractivity contribution in [1.29, 1.82) is 0 Å². The van der Waals surface area contributed by atoms with Crippen LogP contribution in [0.2, 0.25) is 0 Å². The van der Waals surface area contributed by atoms with Crippen molar-refractivity contribution in [2.24, 2.45) is 0 Å². The fraction of sp³-hybridized carbons (Fsp3) is 0.250. The smallest absolute Gasteiger partial charge is 0.344 e. The van der Waals surface area contributed by atoms with Crippen LogP contribution >= 0.6 is 0 Å². The van der Waals surface area contributed by atoms with Crippen molar-refractivity contribution in [2.45, 2.75) is 6.92 Å². The van der Waals surface area contributed by atoms with Crippen LogP contribution in [0, 0.1) is 6.92 Å². The maximum absolute atomic E-state index is 12.3. The fourth-order valence-corrected chi connectivity index (χ4v) is 2.12. The van der Waals surface area contributed by atoms with E-state index in [9.17, 15) is 9.59 Å². The Kier molecular flexibility index (Phi) is 5.24. The Hall–Kier alpha value is -2.96. The molecule has 23 heavy (non-hydrogen) atoms. The third kappa shape index (κ3) is 3.63. The number of ether oxygens (including phenoxy) is 1. The fourth-order valence-electron chi connectivity index (χ4n) is 2.12. The van der Waals surface area contributed by atoms with E-state index in [1.165, 1.54) is 9.42 Å². The predicted molar refractivity (Wildman–Crippen MR) is 85.0 cm³/mol. The van der Waals surface area contributed by atoms with Crippen molar-refractivity contribution in [3.05, 3.63) is 55.0 Å². The van der Waals surface area contributed by atoms with Gasteiger partial charge in [0.2, 0.25) is 0 Å². The zero-order chi connectivity index (χ0) is 16.8. The molecule has 0 bridgehead atoms. The first kappa shape index (κ1) is 16.4. The second-order valence-corrected chi connectivity index (χ2v) is 4.80. The molecule has 2 rings (SSSR count). The highest BCUT2D eigenvalue weighted by atomic mass is 16.5. The van der Waals surface area contributed by atoms with Crippen LogP contribution < -0.4 is 0 Å². The van der Waals surface area contributed by atoms with Crippen molar-refractivity contribution in [1.82, 2.24) is 19.5 Å². The molecule has 0 aliphatic carbocycles. The van der Waals surface area contributed by atoms with Gasteiger partial charge in [0.1, 0.15) is 5.56 Å². The number of hydrogen-bond acceptors (Lipinski definition) is 5. The van der Waals surface area contributed by atoms with Crippen molar-refractivity contribution in [3.8, 4) is 0 Å². The van der Waals surface area contributed by atoms with Gasteiger partial charge >= 0.3 is 5.97 Å². The molecule has 0 spiro atoms. The number of fused-ring (bicyclic) bond motifs is 1. The Balaban J connectivity index is 2.09. The zero-order valence-corrected chi connectivity index (χ0v) is 12.9. The average molecular weight is 314 g/mol. The molecule has 120 valence electrons. The first-order chi connectivity index (χ1) is 11.1. The molecule has 0 aromatic carbocycles. The molecule has 2 heterocycles. The Bertz CT molecular complexity index is 741. The molecule has 0 N–H and O–H groups in total. The van der Waals surface area contributed by atoms with Crippen molar-refractivity contribution in [2.75, 3.05) is 19.7 Å². The lowest BCUT2D eigenvalue weighted by atomic mass is 10.2. The normalized spacial score (nSPS) is 10.3. The molecule has 2 aromatic rings. The number of esters is 1. The molecule has 0 saturated carbocycles. The molecule has 0 aliphatic heterocycles. The van der Waals surface area contributed by atoms with Gasteiger partial charge in [0.25, 0.3) is 5.91 Å². The van der Waals surface area contributed by atoms with Crippen molar-refractivity contribution in [3.63, 3.8) is 0 Å². The summed E-state index contributed by atoms with van der Waals surface area (Å²) < 4.78 is 6.61. The summed E-state index contributed by atoms with van der Waals surface area (Å²) in [6.07, 6.45) is 6.45. The number of aromatic nitrogens is 3. The number of carbonyl (C=O) groups excluding carboxylic acids is 2. The van der Waals surface area contributed by atoms with Crippen LogP contribution in [-0.4, -0.2) is 51.1 Å². The van der Waals surface area contributed by atoms with Gasteiger partial charge in [-0.25, -0.2) is 14.3 Å². The topological polar surface area (TPSA) is 76.8 Å².